The molecule has 82 valence electrons. The van der Waals surface area contributed by atoms with E-state index in [1.807, 2.05) is 6.07 Å². The summed E-state index contributed by atoms with van der Waals surface area (Å²) < 4.78 is 0. The predicted octanol–water partition coefficient (Wildman–Crippen LogP) is 1.04. The highest BCUT2D eigenvalue weighted by Gasteiger charge is 2.53. The summed E-state index contributed by atoms with van der Waals surface area (Å²) in [5.74, 6) is -1.21. The first-order chi connectivity index (χ1) is 7.60. The van der Waals surface area contributed by atoms with Crippen LogP contribution in [0.1, 0.15) is 24.0 Å². The van der Waals surface area contributed by atoms with Crippen LogP contribution in [0.3, 0.4) is 0 Å². The van der Waals surface area contributed by atoms with Crippen LogP contribution < -0.4 is 0 Å². The van der Waals surface area contributed by atoms with Gasteiger partial charge in [0.25, 0.3) is 0 Å². The number of nitrogens with zero attached hydrogens (tertiary/aromatic N) is 1. The Morgan fingerprint density at radius 1 is 1.50 bits per heavy atom. The summed E-state index contributed by atoms with van der Waals surface area (Å²) in [7, 11) is 0. The smallest absolute Gasteiger partial charge is 0.333 e. The van der Waals surface area contributed by atoms with Crippen molar-refractivity contribution in [2.24, 2.45) is 0 Å². The van der Waals surface area contributed by atoms with Gasteiger partial charge in [-0.1, -0.05) is 12.1 Å². The molecule has 1 aliphatic carbocycles. The molecule has 1 aliphatic rings. The van der Waals surface area contributed by atoms with Crippen molar-refractivity contribution in [2.75, 3.05) is 0 Å². The summed E-state index contributed by atoms with van der Waals surface area (Å²) >= 11 is 0. The van der Waals surface area contributed by atoms with Crippen molar-refractivity contribution in [1.29, 1.82) is 5.26 Å². The zero-order valence-corrected chi connectivity index (χ0v) is 8.55. The molecule has 0 bridgehead atoms. The minimum Gasteiger partial charge on any atom is -0.479 e. The van der Waals surface area contributed by atoms with Gasteiger partial charge >= 0.3 is 5.97 Å². The number of aliphatic carboxylic acids is 1. The lowest BCUT2D eigenvalue weighted by Gasteiger charge is -2.19. The van der Waals surface area contributed by atoms with Gasteiger partial charge in [0.2, 0.25) is 0 Å². The van der Waals surface area contributed by atoms with Crippen LogP contribution in [0, 0.1) is 11.3 Å². The SMILES string of the molecule is N#Cc1cccc(C2(C(O)C(=O)O)CC2)c1. The normalized spacial score (nSPS) is 18.5. The number of carboxylic acid groups (broad SMARTS) is 1. The number of aliphatic hydroxyl groups excluding tert-OH is 1. The summed E-state index contributed by atoms with van der Waals surface area (Å²) in [4.78, 5) is 10.8. The van der Waals surface area contributed by atoms with Crippen molar-refractivity contribution in [1.82, 2.24) is 0 Å². The predicted molar refractivity (Wildman–Crippen MR) is 55.7 cm³/mol. The molecular formula is C12H11NO3. The third-order valence-corrected chi connectivity index (χ3v) is 3.11. The first kappa shape index (κ1) is 10.7. The maximum atomic E-state index is 10.8. The molecule has 4 nitrogen and oxygen atoms in total. The van der Waals surface area contributed by atoms with Crippen LogP contribution in [-0.4, -0.2) is 22.3 Å². The van der Waals surface area contributed by atoms with Crippen LogP contribution in [-0.2, 0) is 10.2 Å². The molecule has 0 aromatic heterocycles. The molecule has 4 heteroatoms. The van der Waals surface area contributed by atoms with Gasteiger partial charge in [-0.25, -0.2) is 4.79 Å². The number of hydrogen-bond acceptors (Lipinski definition) is 3. The van der Waals surface area contributed by atoms with Gasteiger partial charge in [0, 0.05) is 5.41 Å². The van der Waals surface area contributed by atoms with Gasteiger partial charge in [-0.3, -0.25) is 0 Å². The van der Waals surface area contributed by atoms with Gasteiger partial charge in [-0.05, 0) is 30.5 Å². The Labute approximate surface area is 92.8 Å². The molecule has 2 rings (SSSR count). The molecule has 16 heavy (non-hydrogen) atoms. The summed E-state index contributed by atoms with van der Waals surface area (Å²) in [6, 6.07) is 8.79. The molecule has 1 fully saturated rings. The van der Waals surface area contributed by atoms with Crippen LogP contribution >= 0.6 is 0 Å². The minimum atomic E-state index is -1.39. The number of hydrogen-bond donors (Lipinski definition) is 2. The lowest BCUT2D eigenvalue weighted by molar-refractivity contribution is -0.148. The number of aliphatic hydroxyl groups is 1. The standard InChI is InChI=1S/C12H11NO3/c13-7-8-2-1-3-9(6-8)12(4-5-12)10(14)11(15)16/h1-3,6,10,14H,4-5H2,(H,15,16). The molecule has 1 unspecified atom stereocenters. The first-order valence-corrected chi connectivity index (χ1v) is 5.02. The van der Waals surface area contributed by atoms with Crippen LogP contribution in [0.5, 0.6) is 0 Å². The van der Waals surface area contributed by atoms with E-state index in [1.54, 1.807) is 24.3 Å². The van der Waals surface area contributed by atoms with E-state index in [9.17, 15) is 9.90 Å². The second-order valence-corrected chi connectivity index (χ2v) is 4.09. The Morgan fingerprint density at radius 3 is 2.69 bits per heavy atom. The number of benzene rings is 1. The third-order valence-electron chi connectivity index (χ3n) is 3.11. The van der Waals surface area contributed by atoms with Crippen molar-refractivity contribution < 1.29 is 15.0 Å². The van der Waals surface area contributed by atoms with Crippen molar-refractivity contribution in [3.8, 4) is 6.07 Å². The molecule has 0 aliphatic heterocycles. The highest BCUT2D eigenvalue weighted by Crippen LogP contribution is 2.51. The van der Waals surface area contributed by atoms with Gasteiger partial charge in [-0.2, -0.15) is 5.26 Å². The molecule has 1 aromatic carbocycles. The quantitative estimate of drug-likeness (QED) is 0.792. The average Bonchev–Trinajstić information content (AvgIpc) is 3.09. The summed E-state index contributed by atoms with van der Waals surface area (Å²) in [6.45, 7) is 0. The van der Waals surface area contributed by atoms with Gasteiger partial charge in [0.1, 0.15) is 0 Å². The zero-order valence-electron chi connectivity index (χ0n) is 8.55. The second-order valence-electron chi connectivity index (χ2n) is 4.09. The van der Waals surface area contributed by atoms with E-state index < -0.39 is 17.5 Å². The summed E-state index contributed by atoms with van der Waals surface area (Å²) in [5, 5.41) is 27.2. The van der Waals surface area contributed by atoms with Crippen molar-refractivity contribution >= 4 is 5.97 Å². The number of nitriles is 1. The highest BCUT2D eigenvalue weighted by molar-refractivity contribution is 5.75. The Morgan fingerprint density at radius 2 is 2.19 bits per heavy atom. The fourth-order valence-corrected chi connectivity index (χ4v) is 1.99. The molecule has 2 N–H and O–H groups in total. The van der Waals surface area contributed by atoms with Gasteiger partial charge in [0.05, 0.1) is 11.6 Å². The summed E-state index contributed by atoms with van der Waals surface area (Å²) in [6.07, 6.45) is -0.0912. The third kappa shape index (κ3) is 1.55. The molecule has 0 saturated heterocycles. The maximum Gasteiger partial charge on any atom is 0.333 e. The van der Waals surface area contributed by atoms with Gasteiger partial charge in [0.15, 0.2) is 6.10 Å². The maximum absolute atomic E-state index is 10.8. The molecule has 1 saturated carbocycles. The lowest BCUT2D eigenvalue weighted by atomic mass is 9.89. The van der Waals surface area contributed by atoms with E-state index in [0.29, 0.717) is 18.4 Å². The Balaban J connectivity index is 2.37. The minimum absolute atomic E-state index is 0.487. The van der Waals surface area contributed by atoms with Crippen molar-refractivity contribution in [2.45, 2.75) is 24.4 Å². The van der Waals surface area contributed by atoms with E-state index >= 15 is 0 Å². The molecular weight excluding hydrogens is 206 g/mol. The molecule has 1 aromatic rings. The molecule has 0 amide bonds. The monoisotopic (exact) mass is 217 g/mol. The van der Waals surface area contributed by atoms with E-state index in [-0.39, 0.29) is 0 Å². The highest BCUT2D eigenvalue weighted by atomic mass is 16.4. The van der Waals surface area contributed by atoms with Crippen molar-refractivity contribution in [3.63, 3.8) is 0 Å². The van der Waals surface area contributed by atoms with E-state index in [4.69, 9.17) is 10.4 Å². The van der Waals surface area contributed by atoms with E-state index in [2.05, 4.69) is 0 Å². The molecule has 1 atom stereocenters. The molecule has 0 radical (unpaired) electrons. The van der Waals surface area contributed by atoms with Crippen LogP contribution in [0.15, 0.2) is 24.3 Å². The number of rotatable bonds is 3. The fraction of sp³-hybridized carbons (Fsp3) is 0.333. The van der Waals surface area contributed by atoms with E-state index in [0.717, 1.165) is 5.56 Å². The molecule has 0 spiro atoms. The average molecular weight is 217 g/mol. The topological polar surface area (TPSA) is 81.3 Å². The van der Waals surface area contributed by atoms with Crippen LogP contribution in [0.4, 0.5) is 0 Å². The Hall–Kier alpha value is -1.86. The molecule has 0 heterocycles. The first-order valence-electron chi connectivity index (χ1n) is 5.02. The largest absolute Gasteiger partial charge is 0.479 e. The fourth-order valence-electron chi connectivity index (χ4n) is 1.99. The Kier molecular flexibility index (Phi) is 2.41. The van der Waals surface area contributed by atoms with E-state index in [1.165, 1.54) is 0 Å². The number of carbonyl (C=O) groups is 1. The lowest BCUT2D eigenvalue weighted by Crippen LogP contribution is -2.33. The van der Waals surface area contributed by atoms with Gasteiger partial charge in [-0.15, -0.1) is 0 Å². The Bertz CT molecular complexity index is 471. The van der Waals surface area contributed by atoms with Gasteiger partial charge < -0.3 is 10.2 Å². The van der Waals surface area contributed by atoms with Crippen LogP contribution in [0.2, 0.25) is 0 Å². The van der Waals surface area contributed by atoms with Crippen LogP contribution in [0.25, 0.3) is 0 Å². The van der Waals surface area contributed by atoms with Crippen molar-refractivity contribution in [3.05, 3.63) is 35.4 Å². The zero-order chi connectivity index (χ0) is 11.8. The second kappa shape index (κ2) is 3.62. The summed E-state index contributed by atoms with van der Waals surface area (Å²) in [5.41, 5.74) is 0.543. The number of carboxylic acids is 1.